The molecule has 0 fully saturated rings. The molecule has 0 aliphatic heterocycles. The lowest BCUT2D eigenvalue weighted by molar-refractivity contribution is -0.122. The minimum atomic E-state index is -0.703. The second kappa shape index (κ2) is 5.11. The van der Waals surface area contributed by atoms with Crippen LogP contribution in [-0.4, -0.2) is 17.9 Å². The van der Waals surface area contributed by atoms with E-state index in [1.54, 1.807) is 12.3 Å². The lowest BCUT2D eigenvalue weighted by Crippen LogP contribution is -2.27. The van der Waals surface area contributed by atoms with Gasteiger partial charge >= 0.3 is 0 Å². The van der Waals surface area contributed by atoms with Crippen LogP contribution < -0.4 is 5.32 Å². The van der Waals surface area contributed by atoms with Gasteiger partial charge in [0.25, 0.3) is 0 Å². The molecule has 2 aromatic rings. The van der Waals surface area contributed by atoms with E-state index in [0.29, 0.717) is 11.4 Å². The number of aromatic amines is 1. The molecule has 1 aromatic heterocycles. The number of nitrogens with one attached hydrogen (secondary N) is 2. The Morgan fingerprint density at radius 1 is 1.61 bits per heavy atom. The molecule has 1 amide bonds. The van der Waals surface area contributed by atoms with Crippen molar-refractivity contribution in [1.29, 1.82) is 5.26 Å². The number of benzene rings is 1. The van der Waals surface area contributed by atoms with E-state index in [0.717, 1.165) is 16.5 Å². The molecule has 18 heavy (non-hydrogen) atoms. The molecule has 5 heteroatoms. The third kappa shape index (κ3) is 2.18. The second-order valence-electron chi connectivity index (χ2n) is 3.98. The Bertz CT molecular complexity index is 627. The molecule has 0 saturated carbocycles. The minimum Gasteiger partial charge on any atom is -0.361 e. The predicted octanol–water partition coefficient (Wildman–Crippen LogP) is 2.25. The van der Waals surface area contributed by atoms with Crippen molar-refractivity contribution in [2.75, 3.05) is 7.05 Å². The number of amides is 1. The average Bonchev–Trinajstić information content (AvgIpc) is 2.79. The van der Waals surface area contributed by atoms with Gasteiger partial charge in [0.2, 0.25) is 5.91 Å². The van der Waals surface area contributed by atoms with Gasteiger partial charge in [-0.25, -0.2) is 0 Å². The van der Waals surface area contributed by atoms with Crippen LogP contribution in [0.4, 0.5) is 0 Å². The van der Waals surface area contributed by atoms with Crippen molar-refractivity contribution in [2.45, 2.75) is 6.42 Å². The van der Waals surface area contributed by atoms with Crippen molar-refractivity contribution < 1.29 is 4.79 Å². The van der Waals surface area contributed by atoms with Crippen molar-refractivity contribution in [1.82, 2.24) is 10.3 Å². The first-order valence-electron chi connectivity index (χ1n) is 5.53. The topological polar surface area (TPSA) is 68.7 Å². The van der Waals surface area contributed by atoms with E-state index in [4.69, 9.17) is 16.9 Å². The molecule has 2 N–H and O–H groups in total. The number of carbonyl (C=O) groups is 1. The van der Waals surface area contributed by atoms with E-state index in [1.165, 1.54) is 7.05 Å². The zero-order valence-electron chi connectivity index (χ0n) is 9.83. The summed E-state index contributed by atoms with van der Waals surface area (Å²) in [5.41, 5.74) is 1.79. The Morgan fingerprint density at radius 2 is 2.39 bits per heavy atom. The SMILES string of the molecule is CNC(=O)C(C#N)Cc1c[nH]c2cccc(Cl)c12. The fourth-order valence-corrected chi connectivity index (χ4v) is 2.26. The maximum Gasteiger partial charge on any atom is 0.237 e. The molecule has 92 valence electrons. The van der Waals surface area contributed by atoms with E-state index in [-0.39, 0.29) is 5.91 Å². The summed E-state index contributed by atoms with van der Waals surface area (Å²) in [5.74, 6) is -0.982. The number of aromatic nitrogens is 1. The van der Waals surface area contributed by atoms with Crippen LogP contribution in [0.15, 0.2) is 24.4 Å². The molecule has 0 saturated heterocycles. The molecule has 1 atom stereocenters. The van der Waals surface area contributed by atoms with Crippen LogP contribution in [0.3, 0.4) is 0 Å². The number of fused-ring (bicyclic) bond motifs is 1. The third-order valence-electron chi connectivity index (χ3n) is 2.88. The lowest BCUT2D eigenvalue weighted by Gasteiger charge is -2.06. The van der Waals surface area contributed by atoms with Crippen LogP contribution >= 0.6 is 11.6 Å². The van der Waals surface area contributed by atoms with Crippen LogP contribution in [0.2, 0.25) is 5.02 Å². The number of halogens is 1. The van der Waals surface area contributed by atoms with E-state index in [9.17, 15) is 4.79 Å². The molecular weight excluding hydrogens is 250 g/mol. The summed E-state index contributed by atoms with van der Waals surface area (Å²) in [4.78, 5) is 14.6. The van der Waals surface area contributed by atoms with Crippen molar-refractivity contribution in [3.63, 3.8) is 0 Å². The lowest BCUT2D eigenvalue weighted by atomic mass is 9.99. The molecule has 0 radical (unpaired) electrons. The summed E-state index contributed by atoms with van der Waals surface area (Å²) in [5, 5.41) is 13.0. The van der Waals surface area contributed by atoms with Crippen molar-refractivity contribution >= 4 is 28.4 Å². The number of carbonyl (C=O) groups excluding carboxylic acids is 1. The maximum atomic E-state index is 11.5. The van der Waals surface area contributed by atoms with Crippen LogP contribution in [-0.2, 0) is 11.2 Å². The fraction of sp³-hybridized carbons (Fsp3) is 0.231. The van der Waals surface area contributed by atoms with Crippen molar-refractivity contribution in [3.05, 3.63) is 35.0 Å². The van der Waals surface area contributed by atoms with Gasteiger partial charge in [0.1, 0.15) is 5.92 Å². The summed E-state index contributed by atoms with van der Waals surface area (Å²) in [6, 6.07) is 7.56. The highest BCUT2D eigenvalue weighted by Crippen LogP contribution is 2.28. The number of H-pyrrole nitrogens is 1. The largest absolute Gasteiger partial charge is 0.361 e. The monoisotopic (exact) mass is 261 g/mol. The minimum absolute atomic E-state index is 0.279. The highest BCUT2D eigenvalue weighted by molar-refractivity contribution is 6.35. The quantitative estimate of drug-likeness (QED) is 0.890. The van der Waals surface area contributed by atoms with Gasteiger partial charge in [-0.15, -0.1) is 0 Å². The van der Waals surface area contributed by atoms with Crippen LogP contribution in [0, 0.1) is 17.2 Å². The summed E-state index contributed by atoms with van der Waals surface area (Å²) in [6.45, 7) is 0. The molecule has 2 rings (SSSR count). The number of hydrogen-bond acceptors (Lipinski definition) is 2. The van der Waals surface area contributed by atoms with Gasteiger partial charge in [0, 0.05) is 24.1 Å². The number of rotatable bonds is 3. The second-order valence-corrected chi connectivity index (χ2v) is 4.38. The molecule has 0 spiro atoms. The maximum absolute atomic E-state index is 11.5. The molecular formula is C13H12ClN3O. The molecule has 1 aromatic carbocycles. The van der Waals surface area contributed by atoms with Gasteiger partial charge in [-0.1, -0.05) is 17.7 Å². The smallest absolute Gasteiger partial charge is 0.237 e. The van der Waals surface area contributed by atoms with Gasteiger partial charge in [-0.3, -0.25) is 4.79 Å². The summed E-state index contributed by atoms with van der Waals surface area (Å²) < 4.78 is 0. The van der Waals surface area contributed by atoms with Gasteiger partial charge in [0.15, 0.2) is 0 Å². The van der Waals surface area contributed by atoms with Gasteiger partial charge in [-0.05, 0) is 24.1 Å². The van der Waals surface area contributed by atoms with E-state index >= 15 is 0 Å². The summed E-state index contributed by atoms with van der Waals surface area (Å²) in [6.07, 6.45) is 2.14. The first-order valence-corrected chi connectivity index (χ1v) is 5.91. The van der Waals surface area contributed by atoms with E-state index in [1.807, 2.05) is 18.2 Å². The Kier molecular flexibility index (Phi) is 3.54. The van der Waals surface area contributed by atoms with Crippen LogP contribution in [0.25, 0.3) is 10.9 Å². The van der Waals surface area contributed by atoms with Crippen molar-refractivity contribution in [3.8, 4) is 6.07 Å². The normalized spacial score (nSPS) is 12.1. The Hall–Kier alpha value is -1.99. The molecule has 1 heterocycles. The Morgan fingerprint density at radius 3 is 3.06 bits per heavy atom. The number of nitrogens with zero attached hydrogens (tertiary/aromatic N) is 1. The molecule has 0 bridgehead atoms. The number of nitriles is 1. The highest BCUT2D eigenvalue weighted by Gasteiger charge is 2.19. The first kappa shape index (κ1) is 12.5. The fourth-order valence-electron chi connectivity index (χ4n) is 1.96. The Balaban J connectivity index is 2.38. The standard InChI is InChI=1S/C13H12ClN3O/c1-16-13(18)8(6-15)5-9-7-17-11-4-2-3-10(14)12(9)11/h2-4,7-8,17H,5H2,1H3,(H,16,18). The Labute approximate surface area is 110 Å². The third-order valence-corrected chi connectivity index (χ3v) is 3.19. The van der Waals surface area contributed by atoms with E-state index < -0.39 is 5.92 Å². The van der Waals surface area contributed by atoms with Crippen LogP contribution in [0.5, 0.6) is 0 Å². The van der Waals surface area contributed by atoms with E-state index in [2.05, 4.69) is 10.3 Å². The summed E-state index contributed by atoms with van der Waals surface area (Å²) >= 11 is 6.14. The van der Waals surface area contributed by atoms with Gasteiger partial charge < -0.3 is 10.3 Å². The molecule has 0 aliphatic carbocycles. The zero-order valence-corrected chi connectivity index (χ0v) is 10.6. The van der Waals surface area contributed by atoms with Crippen molar-refractivity contribution in [2.24, 2.45) is 5.92 Å². The highest BCUT2D eigenvalue weighted by atomic mass is 35.5. The predicted molar refractivity (Wildman–Crippen MR) is 70.2 cm³/mol. The zero-order chi connectivity index (χ0) is 13.1. The summed E-state index contributed by atoms with van der Waals surface area (Å²) in [7, 11) is 1.52. The molecule has 1 unspecified atom stereocenters. The van der Waals surface area contributed by atoms with Crippen LogP contribution in [0.1, 0.15) is 5.56 Å². The number of hydrogen-bond donors (Lipinski definition) is 2. The molecule has 4 nitrogen and oxygen atoms in total. The first-order chi connectivity index (χ1) is 8.67. The van der Waals surface area contributed by atoms with Gasteiger partial charge in [0.05, 0.1) is 11.1 Å². The van der Waals surface area contributed by atoms with Gasteiger partial charge in [-0.2, -0.15) is 5.26 Å². The molecule has 0 aliphatic rings. The average molecular weight is 262 g/mol.